The van der Waals surface area contributed by atoms with E-state index in [1.165, 1.54) is 25.7 Å². The molecule has 146 valence electrons. The molecule has 26 heavy (non-hydrogen) atoms. The maximum Gasteiger partial charge on any atom is 0.413 e. The third-order valence-electron chi connectivity index (χ3n) is 4.24. The molecule has 0 saturated carbocycles. The van der Waals surface area contributed by atoms with Gasteiger partial charge in [-0.05, 0) is 32.8 Å². The second kappa shape index (κ2) is 10.1. The number of carbonyl (C=O) groups excluding carboxylic acids is 1. The van der Waals surface area contributed by atoms with E-state index in [1.807, 2.05) is 26.0 Å². The predicted molar refractivity (Wildman–Crippen MR) is 108 cm³/mol. The summed E-state index contributed by atoms with van der Waals surface area (Å²) < 4.78 is 13.8. The fourth-order valence-electron chi connectivity index (χ4n) is 2.90. The molecule has 5 nitrogen and oxygen atoms in total. The fraction of sp³-hybridized carbons (Fsp3) is 0.650. The molecule has 0 unspecified atom stereocenters. The molecule has 1 aliphatic rings. The number of para-hydroxylation sites is 1. The lowest BCUT2D eigenvalue weighted by atomic mass is 10.0. The zero-order valence-electron chi connectivity index (χ0n) is 16.5. The topological polar surface area (TPSA) is 50.8 Å². The van der Waals surface area contributed by atoms with Gasteiger partial charge in [-0.3, -0.25) is 0 Å². The standard InChI is InChI=1S/C20H32N2O3S/c1-5-7-12-22(13-8-6-2)26-15-21-19(23)24-17-11-9-10-16-14-20(3,4)25-18(16)17/h9-11H,5-8,12-15H2,1-4H3,(H,21,23). The van der Waals surface area contributed by atoms with Crippen molar-refractivity contribution >= 4 is 18.0 Å². The normalized spacial score (nSPS) is 14.8. The molecule has 1 aromatic carbocycles. The summed E-state index contributed by atoms with van der Waals surface area (Å²) in [6.45, 7) is 10.6. The van der Waals surface area contributed by atoms with Crippen molar-refractivity contribution in [2.24, 2.45) is 0 Å². The number of carbonyl (C=O) groups is 1. The Morgan fingerprint density at radius 1 is 1.27 bits per heavy atom. The summed E-state index contributed by atoms with van der Waals surface area (Å²) in [6.07, 6.45) is 5.07. The van der Waals surface area contributed by atoms with Crippen LogP contribution in [-0.4, -0.2) is 35.0 Å². The van der Waals surface area contributed by atoms with Crippen molar-refractivity contribution in [2.75, 3.05) is 19.0 Å². The zero-order chi connectivity index (χ0) is 19.0. The SMILES string of the molecule is CCCCN(CCCC)SCNC(=O)Oc1cccc2c1OC(C)(C)C2. The van der Waals surface area contributed by atoms with Gasteiger partial charge in [0.25, 0.3) is 0 Å². The van der Waals surface area contributed by atoms with Crippen molar-refractivity contribution in [1.82, 2.24) is 9.62 Å². The van der Waals surface area contributed by atoms with Gasteiger partial charge in [-0.15, -0.1) is 0 Å². The second-order valence-corrected chi connectivity index (χ2v) is 8.32. The third kappa shape index (κ3) is 6.40. The van der Waals surface area contributed by atoms with Crippen LogP contribution in [0.5, 0.6) is 11.5 Å². The highest BCUT2D eigenvalue weighted by Crippen LogP contribution is 2.41. The van der Waals surface area contributed by atoms with Gasteiger partial charge in [0.2, 0.25) is 0 Å². The minimum absolute atomic E-state index is 0.257. The van der Waals surface area contributed by atoms with Gasteiger partial charge in [0.15, 0.2) is 11.5 Å². The van der Waals surface area contributed by atoms with Gasteiger partial charge < -0.3 is 14.8 Å². The van der Waals surface area contributed by atoms with Crippen LogP contribution in [0.2, 0.25) is 0 Å². The van der Waals surface area contributed by atoms with Crippen LogP contribution in [0.3, 0.4) is 0 Å². The van der Waals surface area contributed by atoms with Crippen LogP contribution in [-0.2, 0) is 6.42 Å². The summed E-state index contributed by atoms with van der Waals surface area (Å²) in [4.78, 5) is 12.2. The Kier molecular flexibility index (Phi) is 8.10. The smallest absolute Gasteiger partial charge is 0.413 e. The quantitative estimate of drug-likeness (QED) is 0.457. The van der Waals surface area contributed by atoms with E-state index in [2.05, 4.69) is 23.5 Å². The Balaban J connectivity index is 1.81. The Labute approximate surface area is 161 Å². The van der Waals surface area contributed by atoms with Crippen LogP contribution < -0.4 is 14.8 Å². The number of benzene rings is 1. The summed E-state index contributed by atoms with van der Waals surface area (Å²) in [7, 11) is 0. The minimum Gasteiger partial charge on any atom is -0.483 e. The molecule has 1 aliphatic heterocycles. The van der Waals surface area contributed by atoms with Crippen LogP contribution in [0.1, 0.15) is 58.9 Å². The molecule has 1 N–H and O–H groups in total. The molecule has 0 fully saturated rings. The highest BCUT2D eigenvalue weighted by Gasteiger charge is 2.32. The molecule has 0 aliphatic carbocycles. The lowest BCUT2D eigenvalue weighted by Gasteiger charge is -2.21. The Morgan fingerprint density at radius 3 is 2.62 bits per heavy atom. The van der Waals surface area contributed by atoms with Crippen LogP contribution in [0.4, 0.5) is 4.79 Å². The molecular weight excluding hydrogens is 348 g/mol. The van der Waals surface area contributed by atoms with Crippen LogP contribution in [0.15, 0.2) is 18.2 Å². The summed E-state index contributed by atoms with van der Waals surface area (Å²) in [5, 5.41) is 2.83. The molecule has 0 aromatic heterocycles. The number of ether oxygens (including phenoxy) is 2. The first-order valence-corrected chi connectivity index (χ1v) is 10.5. The molecule has 1 amide bonds. The first-order chi connectivity index (χ1) is 12.4. The Morgan fingerprint density at radius 2 is 1.96 bits per heavy atom. The maximum absolute atomic E-state index is 12.2. The van der Waals surface area contributed by atoms with Gasteiger partial charge >= 0.3 is 6.09 Å². The molecule has 0 atom stereocenters. The number of hydrogen-bond acceptors (Lipinski definition) is 5. The van der Waals surface area contributed by atoms with Gasteiger partial charge in [0.05, 0.1) is 5.88 Å². The number of fused-ring (bicyclic) bond motifs is 1. The predicted octanol–water partition coefficient (Wildman–Crippen LogP) is 5.00. The van der Waals surface area contributed by atoms with Gasteiger partial charge in [0.1, 0.15) is 5.60 Å². The minimum atomic E-state index is -0.440. The van der Waals surface area contributed by atoms with Crippen molar-refractivity contribution in [3.05, 3.63) is 23.8 Å². The number of nitrogens with one attached hydrogen (secondary N) is 1. The number of hydrogen-bond donors (Lipinski definition) is 1. The monoisotopic (exact) mass is 380 g/mol. The van der Waals surface area contributed by atoms with Crippen molar-refractivity contribution < 1.29 is 14.3 Å². The van der Waals surface area contributed by atoms with E-state index >= 15 is 0 Å². The molecule has 0 bridgehead atoms. The zero-order valence-corrected chi connectivity index (χ0v) is 17.3. The molecule has 1 aromatic rings. The molecule has 2 rings (SSSR count). The number of unbranched alkanes of at least 4 members (excludes halogenated alkanes) is 2. The molecule has 6 heteroatoms. The number of rotatable bonds is 10. The molecule has 1 heterocycles. The number of amides is 1. The average Bonchev–Trinajstić information content (AvgIpc) is 2.92. The van der Waals surface area contributed by atoms with Crippen molar-refractivity contribution in [3.63, 3.8) is 0 Å². The molecule has 0 radical (unpaired) electrons. The van der Waals surface area contributed by atoms with E-state index in [1.54, 1.807) is 18.0 Å². The van der Waals surface area contributed by atoms with Crippen molar-refractivity contribution in [1.29, 1.82) is 0 Å². The van der Waals surface area contributed by atoms with E-state index in [0.717, 1.165) is 25.1 Å². The maximum atomic E-state index is 12.2. The van der Waals surface area contributed by atoms with Gasteiger partial charge in [0, 0.05) is 25.1 Å². The van der Waals surface area contributed by atoms with Crippen LogP contribution >= 0.6 is 11.9 Å². The fourth-order valence-corrected chi connectivity index (χ4v) is 3.78. The van der Waals surface area contributed by atoms with Gasteiger partial charge in [-0.1, -0.05) is 50.8 Å². The molecular formula is C20H32N2O3S. The van der Waals surface area contributed by atoms with E-state index in [4.69, 9.17) is 9.47 Å². The van der Waals surface area contributed by atoms with E-state index < -0.39 is 6.09 Å². The summed E-state index contributed by atoms with van der Waals surface area (Å²) >= 11 is 1.66. The second-order valence-electron chi connectivity index (χ2n) is 7.26. The number of nitrogens with zero attached hydrogens (tertiary/aromatic N) is 1. The van der Waals surface area contributed by atoms with E-state index in [9.17, 15) is 4.79 Å². The highest BCUT2D eigenvalue weighted by atomic mass is 32.2. The van der Waals surface area contributed by atoms with Crippen LogP contribution in [0.25, 0.3) is 0 Å². The molecule has 0 saturated heterocycles. The first kappa shape index (κ1) is 20.9. The largest absolute Gasteiger partial charge is 0.483 e. The first-order valence-electron chi connectivity index (χ1n) is 9.59. The Bertz CT molecular complexity index is 584. The van der Waals surface area contributed by atoms with Crippen molar-refractivity contribution in [2.45, 2.75) is 65.4 Å². The average molecular weight is 381 g/mol. The van der Waals surface area contributed by atoms with Crippen molar-refractivity contribution in [3.8, 4) is 11.5 Å². The lowest BCUT2D eigenvalue weighted by Crippen LogP contribution is -2.30. The summed E-state index contributed by atoms with van der Waals surface area (Å²) in [6, 6.07) is 5.70. The summed E-state index contributed by atoms with van der Waals surface area (Å²) in [5.41, 5.74) is 0.827. The lowest BCUT2D eigenvalue weighted by molar-refractivity contribution is 0.133. The van der Waals surface area contributed by atoms with Crippen LogP contribution in [0, 0.1) is 0 Å². The molecule has 0 spiro atoms. The Hall–Kier alpha value is -1.40. The van der Waals surface area contributed by atoms with E-state index in [-0.39, 0.29) is 5.60 Å². The summed E-state index contributed by atoms with van der Waals surface area (Å²) in [5.74, 6) is 1.69. The van der Waals surface area contributed by atoms with Gasteiger partial charge in [-0.2, -0.15) is 0 Å². The van der Waals surface area contributed by atoms with E-state index in [0.29, 0.717) is 17.4 Å². The third-order valence-corrected chi connectivity index (χ3v) is 5.25. The van der Waals surface area contributed by atoms with Gasteiger partial charge in [-0.25, -0.2) is 9.10 Å². The highest BCUT2D eigenvalue weighted by molar-refractivity contribution is 7.96.